The Morgan fingerprint density at radius 1 is 1.25 bits per heavy atom. The Morgan fingerprint density at radius 3 is 2.55 bits per heavy atom. The van der Waals surface area contributed by atoms with Crippen LogP contribution in [0.1, 0.15) is 45.4 Å². The molecule has 1 aliphatic carbocycles. The molecule has 20 heavy (non-hydrogen) atoms. The van der Waals surface area contributed by atoms with E-state index in [2.05, 4.69) is 10.6 Å². The van der Waals surface area contributed by atoms with E-state index in [4.69, 9.17) is 0 Å². The summed E-state index contributed by atoms with van der Waals surface area (Å²) >= 11 is 0. The van der Waals surface area contributed by atoms with Crippen LogP contribution in [0, 0.1) is 0 Å². The molecule has 0 radical (unpaired) electrons. The first kappa shape index (κ1) is 15.0. The molecule has 1 saturated carbocycles. The highest BCUT2D eigenvalue weighted by Crippen LogP contribution is 2.17. The molecule has 1 atom stereocenters. The SMILES string of the molecule is CC1NCC(=O)N(CC(=O)NC2CCCCCC2)C1=O. The van der Waals surface area contributed by atoms with Gasteiger partial charge in [0.25, 0.3) is 0 Å². The van der Waals surface area contributed by atoms with Gasteiger partial charge in [0.1, 0.15) is 6.54 Å². The molecule has 1 heterocycles. The molecule has 2 fully saturated rings. The van der Waals surface area contributed by atoms with Crippen LogP contribution in [0.5, 0.6) is 0 Å². The van der Waals surface area contributed by atoms with Crippen molar-refractivity contribution >= 4 is 17.7 Å². The summed E-state index contributed by atoms with van der Waals surface area (Å²) in [6.07, 6.45) is 6.69. The van der Waals surface area contributed by atoms with Gasteiger partial charge in [0.15, 0.2) is 0 Å². The maximum atomic E-state index is 12.0. The summed E-state index contributed by atoms with van der Waals surface area (Å²) in [4.78, 5) is 36.7. The summed E-state index contributed by atoms with van der Waals surface area (Å²) < 4.78 is 0. The standard InChI is InChI=1S/C14H23N3O3/c1-10-14(20)17(13(19)8-15-10)9-12(18)16-11-6-4-2-3-5-7-11/h10-11,15H,2-9H2,1H3,(H,16,18). The van der Waals surface area contributed by atoms with Crippen molar-refractivity contribution in [3.63, 3.8) is 0 Å². The Labute approximate surface area is 119 Å². The van der Waals surface area contributed by atoms with Gasteiger partial charge in [0, 0.05) is 6.04 Å². The van der Waals surface area contributed by atoms with Crippen LogP contribution in [0.4, 0.5) is 0 Å². The summed E-state index contributed by atoms with van der Waals surface area (Å²) in [5.74, 6) is -0.880. The summed E-state index contributed by atoms with van der Waals surface area (Å²) in [7, 11) is 0. The molecule has 0 aromatic rings. The van der Waals surface area contributed by atoms with Gasteiger partial charge >= 0.3 is 0 Å². The molecule has 0 bridgehead atoms. The van der Waals surface area contributed by atoms with Crippen LogP contribution in [0.25, 0.3) is 0 Å². The van der Waals surface area contributed by atoms with Gasteiger partial charge in [0.05, 0.1) is 12.6 Å². The fourth-order valence-corrected chi connectivity index (χ4v) is 2.79. The van der Waals surface area contributed by atoms with Crippen molar-refractivity contribution in [2.45, 2.75) is 57.5 Å². The number of amides is 3. The van der Waals surface area contributed by atoms with E-state index < -0.39 is 6.04 Å². The number of piperazine rings is 1. The van der Waals surface area contributed by atoms with Crippen LogP contribution >= 0.6 is 0 Å². The minimum atomic E-state index is -0.404. The van der Waals surface area contributed by atoms with Gasteiger partial charge in [0.2, 0.25) is 17.7 Å². The monoisotopic (exact) mass is 281 g/mol. The van der Waals surface area contributed by atoms with Crippen molar-refractivity contribution < 1.29 is 14.4 Å². The number of hydrogen-bond acceptors (Lipinski definition) is 4. The van der Waals surface area contributed by atoms with Gasteiger partial charge in [-0.15, -0.1) is 0 Å². The van der Waals surface area contributed by atoms with Crippen molar-refractivity contribution in [2.24, 2.45) is 0 Å². The third-order valence-corrected chi connectivity index (χ3v) is 4.02. The molecule has 0 aromatic heterocycles. The van der Waals surface area contributed by atoms with Crippen molar-refractivity contribution in [1.82, 2.24) is 15.5 Å². The van der Waals surface area contributed by atoms with Crippen LogP contribution < -0.4 is 10.6 Å². The number of rotatable bonds is 3. The van der Waals surface area contributed by atoms with Crippen LogP contribution in [0.2, 0.25) is 0 Å². The smallest absolute Gasteiger partial charge is 0.246 e. The van der Waals surface area contributed by atoms with E-state index in [1.807, 2.05) is 0 Å². The Morgan fingerprint density at radius 2 is 1.90 bits per heavy atom. The number of nitrogens with one attached hydrogen (secondary N) is 2. The van der Waals surface area contributed by atoms with Gasteiger partial charge in [-0.2, -0.15) is 0 Å². The molecule has 3 amide bonds. The third kappa shape index (κ3) is 3.79. The van der Waals surface area contributed by atoms with E-state index in [0.29, 0.717) is 0 Å². The highest BCUT2D eigenvalue weighted by molar-refractivity contribution is 6.03. The first-order chi connectivity index (χ1) is 9.58. The molecule has 6 heteroatoms. The largest absolute Gasteiger partial charge is 0.352 e. The quantitative estimate of drug-likeness (QED) is 0.571. The topological polar surface area (TPSA) is 78.5 Å². The molecule has 6 nitrogen and oxygen atoms in total. The zero-order valence-electron chi connectivity index (χ0n) is 12.0. The highest BCUT2D eigenvalue weighted by Gasteiger charge is 2.32. The van der Waals surface area contributed by atoms with Gasteiger partial charge in [-0.1, -0.05) is 25.7 Å². The fraction of sp³-hybridized carbons (Fsp3) is 0.786. The number of nitrogens with zero attached hydrogens (tertiary/aromatic N) is 1. The molecule has 1 aliphatic heterocycles. The molecule has 2 rings (SSSR count). The second-order valence-corrected chi connectivity index (χ2v) is 5.68. The maximum absolute atomic E-state index is 12.0. The van der Waals surface area contributed by atoms with Crippen molar-refractivity contribution in [2.75, 3.05) is 13.1 Å². The summed E-state index contributed by atoms with van der Waals surface area (Å²) in [5.41, 5.74) is 0. The zero-order valence-corrected chi connectivity index (χ0v) is 12.0. The highest BCUT2D eigenvalue weighted by atomic mass is 16.2. The van der Waals surface area contributed by atoms with E-state index in [-0.39, 0.29) is 36.9 Å². The van der Waals surface area contributed by atoms with Crippen molar-refractivity contribution in [1.29, 1.82) is 0 Å². The number of carbonyl (C=O) groups excluding carboxylic acids is 3. The minimum absolute atomic E-state index is 0.115. The summed E-state index contributed by atoms with van der Waals surface area (Å²) in [6, 6.07) is -0.214. The average molecular weight is 281 g/mol. The van der Waals surface area contributed by atoms with Gasteiger partial charge in [-0.25, -0.2) is 0 Å². The lowest BCUT2D eigenvalue weighted by Crippen LogP contribution is -2.59. The molecule has 0 aromatic carbocycles. The van der Waals surface area contributed by atoms with E-state index in [9.17, 15) is 14.4 Å². The molecule has 1 saturated heterocycles. The molecule has 2 N–H and O–H groups in total. The van der Waals surface area contributed by atoms with Gasteiger partial charge < -0.3 is 5.32 Å². The third-order valence-electron chi connectivity index (χ3n) is 4.02. The number of carbonyl (C=O) groups is 3. The lowest BCUT2D eigenvalue weighted by Gasteiger charge is -2.29. The molecule has 1 unspecified atom stereocenters. The fourth-order valence-electron chi connectivity index (χ4n) is 2.79. The van der Waals surface area contributed by atoms with Crippen molar-refractivity contribution in [3.8, 4) is 0 Å². The number of imide groups is 1. The van der Waals surface area contributed by atoms with Crippen LogP contribution in [-0.4, -0.2) is 47.8 Å². The second-order valence-electron chi connectivity index (χ2n) is 5.68. The van der Waals surface area contributed by atoms with Gasteiger partial charge in [-0.05, 0) is 19.8 Å². The normalized spacial score (nSPS) is 25.4. The van der Waals surface area contributed by atoms with Crippen LogP contribution in [0.3, 0.4) is 0 Å². The second kappa shape index (κ2) is 6.83. The van der Waals surface area contributed by atoms with Crippen LogP contribution in [-0.2, 0) is 14.4 Å². The molecular weight excluding hydrogens is 258 g/mol. The summed E-state index contributed by atoms with van der Waals surface area (Å²) in [5, 5.41) is 5.76. The maximum Gasteiger partial charge on any atom is 0.246 e. The van der Waals surface area contributed by atoms with E-state index in [1.165, 1.54) is 12.8 Å². The van der Waals surface area contributed by atoms with Crippen LogP contribution in [0.15, 0.2) is 0 Å². The Bertz CT molecular complexity index is 389. The minimum Gasteiger partial charge on any atom is -0.352 e. The Kier molecular flexibility index (Phi) is 5.11. The van der Waals surface area contributed by atoms with E-state index >= 15 is 0 Å². The first-order valence-corrected chi connectivity index (χ1v) is 7.45. The van der Waals surface area contributed by atoms with E-state index in [1.54, 1.807) is 6.92 Å². The molecular formula is C14H23N3O3. The van der Waals surface area contributed by atoms with E-state index in [0.717, 1.165) is 30.6 Å². The summed E-state index contributed by atoms with van der Waals surface area (Å²) in [6.45, 7) is 1.66. The number of hydrogen-bond donors (Lipinski definition) is 2. The molecule has 112 valence electrons. The predicted molar refractivity (Wildman–Crippen MR) is 73.8 cm³/mol. The van der Waals surface area contributed by atoms with Crippen molar-refractivity contribution in [3.05, 3.63) is 0 Å². The predicted octanol–water partition coefficient (Wildman–Crippen LogP) is 0.172. The average Bonchev–Trinajstić information content (AvgIpc) is 2.68. The lowest BCUT2D eigenvalue weighted by atomic mass is 10.1. The van der Waals surface area contributed by atoms with Gasteiger partial charge in [-0.3, -0.25) is 24.6 Å². The lowest BCUT2D eigenvalue weighted by molar-refractivity contribution is -0.151. The molecule has 0 spiro atoms. The first-order valence-electron chi connectivity index (χ1n) is 7.45. The Hall–Kier alpha value is -1.43. The zero-order chi connectivity index (χ0) is 14.5. The Balaban J connectivity index is 1.86. The molecule has 2 aliphatic rings.